The summed E-state index contributed by atoms with van der Waals surface area (Å²) in [7, 11) is 0. The van der Waals surface area contributed by atoms with E-state index in [9.17, 15) is 14.4 Å². The Morgan fingerprint density at radius 3 is 2.07 bits per heavy atom. The van der Waals surface area contributed by atoms with Crippen LogP contribution in [0.1, 0.15) is 32.4 Å². The predicted octanol–water partition coefficient (Wildman–Crippen LogP) is 3.63. The molecule has 0 aliphatic carbocycles. The number of nitrogens with zero attached hydrogens (tertiary/aromatic N) is 3. The lowest BCUT2D eigenvalue weighted by Crippen LogP contribution is -2.50. The van der Waals surface area contributed by atoms with Crippen molar-refractivity contribution in [2.75, 3.05) is 6.26 Å². The molecule has 10 heteroatoms. The van der Waals surface area contributed by atoms with Crippen LogP contribution in [0.3, 0.4) is 0 Å². The maximum Gasteiger partial charge on any atom is 0.343 e. The second kappa shape index (κ2) is 11.1. The normalized spacial score (nSPS) is 15.5. The summed E-state index contributed by atoms with van der Waals surface area (Å²) >= 11 is 1.29. The molecule has 1 N–H and O–H groups in total. The summed E-state index contributed by atoms with van der Waals surface area (Å²) in [6.07, 6.45) is 1.05. The number of benzene rings is 4. The van der Waals surface area contributed by atoms with E-state index in [1.807, 2.05) is 30.5 Å². The first kappa shape index (κ1) is 26.0. The van der Waals surface area contributed by atoms with Gasteiger partial charge in [-0.25, -0.2) is 14.6 Å². The average Bonchev–Trinajstić information content (AvgIpc) is 3.02. The third-order valence-corrected chi connectivity index (χ3v) is 6.97. The number of carbonyl (C=O) groups is 3. The minimum atomic E-state index is -0.763. The van der Waals surface area contributed by atoms with Gasteiger partial charge in [-0.1, -0.05) is 72.4 Å². The summed E-state index contributed by atoms with van der Waals surface area (Å²) in [6, 6.07) is 29.1. The fourth-order valence-corrected chi connectivity index (χ4v) is 4.82. The Kier molecular flexibility index (Phi) is 7.05. The number of hydrazone groups is 1. The summed E-state index contributed by atoms with van der Waals surface area (Å²) < 4.78 is 11.4. The van der Waals surface area contributed by atoms with E-state index >= 15 is 0 Å². The van der Waals surface area contributed by atoms with Crippen molar-refractivity contribution < 1.29 is 23.9 Å². The summed E-state index contributed by atoms with van der Waals surface area (Å²) in [5.74, 6) is -1.47. The van der Waals surface area contributed by atoms with Gasteiger partial charge in [0.1, 0.15) is 5.70 Å². The number of para-hydroxylation sites is 1. The lowest BCUT2D eigenvalue weighted by Gasteiger charge is -2.34. The minimum absolute atomic E-state index is 0.0202. The Bertz CT molecular complexity index is 1830. The van der Waals surface area contributed by atoms with Crippen LogP contribution in [0.15, 0.2) is 113 Å². The summed E-state index contributed by atoms with van der Waals surface area (Å²) in [5.41, 5.74) is 1.58. The van der Waals surface area contributed by atoms with Crippen molar-refractivity contribution in [3.63, 3.8) is 0 Å². The van der Waals surface area contributed by atoms with Crippen LogP contribution in [0, 0.1) is 0 Å². The first-order valence-corrected chi connectivity index (χ1v) is 13.8. The van der Waals surface area contributed by atoms with E-state index in [1.165, 1.54) is 11.8 Å². The van der Waals surface area contributed by atoms with Gasteiger partial charge >= 0.3 is 11.9 Å². The van der Waals surface area contributed by atoms with Gasteiger partial charge in [0.2, 0.25) is 0 Å². The van der Waals surface area contributed by atoms with Gasteiger partial charge in [-0.05, 0) is 48.7 Å². The molecule has 1 amide bonds. The number of rotatable bonds is 5. The molecule has 6 rings (SSSR count). The third kappa shape index (κ3) is 5.20. The number of nitrogens with one attached hydrogen (secondary N) is 1. The number of thioether (sulfide) groups is 1. The highest BCUT2D eigenvalue weighted by atomic mass is 32.2. The molecule has 2 aliphatic heterocycles. The fourth-order valence-electron chi connectivity index (χ4n) is 4.45. The average molecular weight is 563 g/mol. The molecular formula is C31H22N4O5S. The van der Waals surface area contributed by atoms with Crippen LogP contribution in [0.5, 0.6) is 11.5 Å². The molecule has 9 nitrogen and oxygen atoms in total. The van der Waals surface area contributed by atoms with Crippen molar-refractivity contribution in [3.05, 3.63) is 130 Å². The molecule has 0 aromatic heterocycles. The van der Waals surface area contributed by atoms with E-state index in [-0.39, 0.29) is 17.4 Å². The second-order valence-electron chi connectivity index (χ2n) is 8.99. The standard InChI is InChI=1S/C31H22N4O5S/c1-41-31-33-28(36)26-22-14-8-9-15-23(22)32-27(35(26)34-31)21-16-17-24(39-29(37)19-10-4-2-5-11-19)25(18-21)40-30(38)20-12-6-3-7-13-20/h2-18,27H,1H3,(H,33,34,36)/t27-/m1/s1. The molecule has 2 aliphatic rings. The minimum Gasteiger partial charge on any atom is -0.419 e. The largest absolute Gasteiger partial charge is 0.419 e. The summed E-state index contributed by atoms with van der Waals surface area (Å²) in [5, 5.41) is 10.7. The van der Waals surface area contributed by atoms with Crippen LogP contribution in [-0.2, 0) is 4.79 Å². The lowest BCUT2D eigenvalue weighted by molar-refractivity contribution is -0.116. The van der Waals surface area contributed by atoms with Crippen molar-refractivity contribution in [2.24, 2.45) is 10.1 Å². The zero-order valence-electron chi connectivity index (χ0n) is 21.7. The quantitative estimate of drug-likeness (QED) is 0.292. The van der Waals surface area contributed by atoms with Gasteiger partial charge in [-0.2, -0.15) is 0 Å². The highest BCUT2D eigenvalue weighted by Gasteiger charge is 2.34. The fraction of sp³-hybridized carbons (Fsp3) is 0.0645. The molecule has 4 aromatic carbocycles. The lowest BCUT2D eigenvalue weighted by atomic mass is 10.1. The summed E-state index contributed by atoms with van der Waals surface area (Å²) in [4.78, 5) is 44.0. The molecule has 4 aromatic rings. The van der Waals surface area contributed by atoms with Crippen LogP contribution in [0.4, 0.5) is 0 Å². The molecular weight excluding hydrogens is 540 g/mol. The molecule has 0 unspecified atom stereocenters. The first-order chi connectivity index (χ1) is 20.0. The number of carbonyl (C=O) groups excluding carboxylic acids is 3. The van der Waals surface area contributed by atoms with Crippen LogP contribution in [0.2, 0.25) is 0 Å². The number of amides is 1. The Morgan fingerprint density at radius 2 is 1.41 bits per heavy atom. The number of esters is 2. The number of amidine groups is 1. The highest BCUT2D eigenvalue weighted by molar-refractivity contribution is 8.13. The van der Waals surface area contributed by atoms with Gasteiger partial charge in [-0.15, -0.1) is 5.10 Å². The van der Waals surface area contributed by atoms with Crippen LogP contribution < -0.4 is 25.4 Å². The van der Waals surface area contributed by atoms with Crippen LogP contribution in [0.25, 0.3) is 5.70 Å². The monoisotopic (exact) mass is 562 g/mol. The van der Waals surface area contributed by atoms with Crippen molar-refractivity contribution >= 4 is 40.5 Å². The third-order valence-electron chi connectivity index (χ3n) is 6.40. The van der Waals surface area contributed by atoms with E-state index in [2.05, 4.69) is 10.4 Å². The molecule has 0 fully saturated rings. The van der Waals surface area contributed by atoms with E-state index in [1.54, 1.807) is 83.9 Å². The Morgan fingerprint density at radius 1 is 0.805 bits per heavy atom. The van der Waals surface area contributed by atoms with E-state index in [4.69, 9.17) is 14.5 Å². The number of hydrogen-bond acceptors (Lipinski definition) is 9. The van der Waals surface area contributed by atoms with Crippen LogP contribution in [-0.4, -0.2) is 34.3 Å². The van der Waals surface area contributed by atoms with Gasteiger partial charge < -0.3 is 9.47 Å². The molecule has 0 radical (unpaired) electrons. The van der Waals surface area contributed by atoms with Crippen molar-refractivity contribution in [1.82, 2.24) is 10.3 Å². The van der Waals surface area contributed by atoms with Gasteiger partial charge in [0.05, 0.1) is 16.5 Å². The van der Waals surface area contributed by atoms with Crippen molar-refractivity contribution in [1.29, 1.82) is 0 Å². The van der Waals surface area contributed by atoms with Crippen molar-refractivity contribution in [3.8, 4) is 11.5 Å². The predicted molar refractivity (Wildman–Crippen MR) is 154 cm³/mol. The van der Waals surface area contributed by atoms with E-state index in [0.29, 0.717) is 38.1 Å². The second-order valence-corrected chi connectivity index (χ2v) is 9.79. The topological polar surface area (TPSA) is 110 Å². The summed E-state index contributed by atoms with van der Waals surface area (Å²) in [6.45, 7) is 0. The van der Waals surface area contributed by atoms with Crippen LogP contribution >= 0.6 is 11.8 Å². The number of ether oxygens (including phenoxy) is 2. The molecule has 0 spiro atoms. The zero-order chi connectivity index (χ0) is 28.3. The van der Waals surface area contributed by atoms with Crippen molar-refractivity contribution in [2.45, 2.75) is 6.17 Å². The Hall–Kier alpha value is -5.22. The smallest absolute Gasteiger partial charge is 0.343 e. The van der Waals surface area contributed by atoms with E-state index in [0.717, 1.165) is 0 Å². The maximum atomic E-state index is 13.2. The maximum absolute atomic E-state index is 13.2. The first-order valence-electron chi connectivity index (χ1n) is 12.6. The zero-order valence-corrected chi connectivity index (χ0v) is 22.5. The van der Waals surface area contributed by atoms with Gasteiger partial charge in [-0.3, -0.25) is 15.1 Å². The van der Waals surface area contributed by atoms with Gasteiger partial charge in [0, 0.05) is 10.8 Å². The Balaban J connectivity index is 1.44. The number of hydrogen-bond donors (Lipinski definition) is 1. The Labute approximate surface area is 238 Å². The molecule has 202 valence electrons. The molecule has 2 heterocycles. The molecule has 0 saturated carbocycles. The van der Waals surface area contributed by atoms with E-state index < -0.39 is 18.1 Å². The van der Waals surface area contributed by atoms with Gasteiger partial charge in [0.15, 0.2) is 22.8 Å². The van der Waals surface area contributed by atoms with Gasteiger partial charge in [0.25, 0.3) is 5.91 Å². The molecule has 41 heavy (non-hydrogen) atoms. The molecule has 0 saturated heterocycles. The molecule has 0 bridgehead atoms. The highest BCUT2D eigenvalue weighted by Crippen LogP contribution is 2.36. The SMILES string of the molecule is CSC1=NN2C(=c3ccccc3=N[C@H]2c2ccc(OC(=O)c3ccccc3)c(OC(=O)c3ccccc3)c2)C(=O)N1. The molecule has 1 atom stereocenters. The number of fused-ring (bicyclic) bond motifs is 2.